The Bertz CT molecular complexity index is 443. The number of benzene rings is 1. The molecule has 1 aromatic carbocycles. The standard InChI is InChI=1S/C17H26N2S/c1-12(2)15-5-7-16(8-6-15)18-17(20)19-10-13(3)9-14(4)11-19/h5-8,12-14H,9-11H2,1-4H3,(H,18,20)/t13-,14-/m0/s1. The third-order valence-corrected chi connectivity index (χ3v) is 4.34. The summed E-state index contributed by atoms with van der Waals surface area (Å²) in [5.41, 5.74) is 2.45. The van der Waals surface area contributed by atoms with Gasteiger partial charge in [-0.2, -0.15) is 0 Å². The highest BCUT2D eigenvalue weighted by atomic mass is 32.1. The van der Waals surface area contributed by atoms with Crippen molar-refractivity contribution in [3.8, 4) is 0 Å². The Labute approximate surface area is 128 Å². The van der Waals surface area contributed by atoms with Crippen molar-refractivity contribution in [1.82, 2.24) is 4.90 Å². The summed E-state index contributed by atoms with van der Waals surface area (Å²) in [6.45, 7) is 11.2. The van der Waals surface area contributed by atoms with E-state index in [4.69, 9.17) is 12.2 Å². The smallest absolute Gasteiger partial charge is 0.173 e. The second kappa shape index (κ2) is 6.57. The van der Waals surface area contributed by atoms with E-state index in [1.54, 1.807) is 0 Å². The molecule has 110 valence electrons. The van der Waals surface area contributed by atoms with Gasteiger partial charge in [-0.05, 0) is 54.1 Å². The van der Waals surface area contributed by atoms with Gasteiger partial charge in [0.15, 0.2) is 5.11 Å². The molecule has 2 atom stereocenters. The first kappa shape index (κ1) is 15.3. The molecule has 1 aliphatic heterocycles. The van der Waals surface area contributed by atoms with Crippen LogP contribution in [0.5, 0.6) is 0 Å². The fourth-order valence-electron chi connectivity index (χ4n) is 2.98. The van der Waals surface area contributed by atoms with Crippen molar-refractivity contribution >= 4 is 23.0 Å². The van der Waals surface area contributed by atoms with E-state index in [0.717, 1.165) is 35.7 Å². The van der Waals surface area contributed by atoms with Crippen molar-refractivity contribution in [2.24, 2.45) is 11.8 Å². The molecule has 3 heteroatoms. The molecule has 1 N–H and O–H groups in total. The molecule has 1 aliphatic rings. The molecule has 0 aliphatic carbocycles. The van der Waals surface area contributed by atoms with E-state index in [1.807, 2.05) is 0 Å². The third-order valence-electron chi connectivity index (χ3n) is 3.98. The van der Waals surface area contributed by atoms with E-state index in [0.29, 0.717) is 5.92 Å². The number of nitrogens with one attached hydrogen (secondary N) is 1. The number of hydrogen-bond acceptors (Lipinski definition) is 1. The normalized spacial score (nSPS) is 22.9. The monoisotopic (exact) mass is 290 g/mol. The Morgan fingerprint density at radius 1 is 1.15 bits per heavy atom. The van der Waals surface area contributed by atoms with Crippen LogP contribution in [0.2, 0.25) is 0 Å². The predicted molar refractivity (Wildman–Crippen MR) is 91.3 cm³/mol. The first-order valence-electron chi connectivity index (χ1n) is 7.61. The minimum atomic E-state index is 0.569. The topological polar surface area (TPSA) is 15.3 Å². The second-order valence-corrected chi connectivity index (χ2v) is 6.94. The van der Waals surface area contributed by atoms with Crippen LogP contribution < -0.4 is 5.32 Å². The highest BCUT2D eigenvalue weighted by Gasteiger charge is 2.23. The van der Waals surface area contributed by atoms with E-state index in [-0.39, 0.29) is 0 Å². The summed E-state index contributed by atoms with van der Waals surface area (Å²) in [5, 5.41) is 4.24. The van der Waals surface area contributed by atoms with Crippen molar-refractivity contribution in [3.05, 3.63) is 29.8 Å². The zero-order valence-electron chi connectivity index (χ0n) is 13.0. The van der Waals surface area contributed by atoms with Gasteiger partial charge in [0, 0.05) is 18.8 Å². The van der Waals surface area contributed by atoms with Gasteiger partial charge in [0.05, 0.1) is 0 Å². The Morgan fingerprint density at radius 2 is 1.70 bits per heavy atom. The summed E-state index contributed by atoms with van der Waals surface area (Å²) in [4.78, 5) is 2.31. The van der Waals surface area contributed by atoms with E-state index < -0.39 is 0 Å². The maximum absolute atomic E-state index is 5.56. The van der Waals surface area contributed by atoms with Crippen LogP contribution in [0.3, 0.4) is 0 Å². The number of hydrogen-bond donors (Lipinski definition) is 1. The fourth-order valence-corrected chi connectivity index (χ4v) is 3.25. The van der Waals surface area contributed by atoms with Crippen LogP contribution in [0, 0.1) is 11.8 Å². The Balaban J connectivity index is 1.97. The lowest BCUT2D eigenvalue weighted by Crippen LogP contribution is -2.44. The summed E-state index contributed by atoms with van der Waals surface area (Å²) in [5.74, 6) is 2.02. The van der Waals surface area contributed by atoms with Gasteiger partial charge < -0.3 is 10.2 Å². The third kappa shape index (κ3) is 3.95. The van der Waals surface area contributed by atoms with Crippen LogP contribution in [0.15, 0.2) is 24.3 Å². The molecule has 1 fully saturated rings. The molecule has 2 nitrogen and oxygen atoms in total. The number of piperidine rings is 1. The lowest BCUT2D eigenvalue weighted by molar-refractivity contribution is 0.216. The largest absolute Gasteiger partial charge is 0.348 e. The van der Waals surface area contributed by atoms with Gasteiger partial charge in [0.1, 0.15) is 0 Å². The lowest BCUT2D eigenvalue weighted by atomic mass is 9.92. The minimum absolute atomic E-state index is 0.569. The van der Waals surface area contributed by atoms with Crippen LogP contribution in [-0.4, -0.2) is 23.1 Å². The Kier molecular flexibility index (Phi) is 5.03. The molecule has 0 aromatic heterocycles. The highest BCUT2D eigenvalue weighted by molar-refractivity contribution is 7.80. The van der Waals surface area contributed by atoms with Crippen LogP contribution in [0.1, 0.15) is 45.6 Å². The first-order chi connectivity index (χ1) is 9.45. The number of anilines is 1. The van der Waals surface area contributed by atoms with E-state index in [1.165, 1.54) is 12.0 Å². The highest BCUT2D eigenvalue weighted by Crippen LogP contribution is 2.22. The van der Waals surface area contributed by atoms with Crippen molar-refractivity contribution in [3.63, 3.8) is 0 Å². The van der Waals surface area contributed by atoms with Crippen LogP contribution in [0.4, 0.5) is 5.69 Å². The maximum atomic E-state index is 5.56. The molecule has 1 heterocycles. The zero-order chi connectivity index (χ0) is 14.7. The summed E-state index contributed by atoms with van der Waals surface area (Å²) in [7, 11) is 0. The Morgan fingerprint density at radius 3 is 2.20 bits per heavy atom. The van der Waals surface area contributed by atoms with Crippen LogP contribution >= 0.6 is 12.2 Å². The van der Waals surface area contributed by atoms with E-state index in [2.05, 4.69) is 62.2 Å². The second-order valence-electron chi connectivity index (χ2n) is 6.56. The number of rotatable bonds is 2. The summed E-state index contributed by atoms with van der Waals surface area (Å²) in [6, 6.07) is 8.60. The van der Waals surface area contributed by atoms with Crippen molar-refractivity contribution in [2.75, 3.05) is 18.4 Å². The zero-order valence-corrected chi connectivity index (χ0v) is 13.8. The molecule has 2 rings (SSSR count). The van der Waals surface area contributed by atoms with E-state index >= 15 is 0 Å². The van der Waals surface area contributed by atoms with Crippen LogP contribution in [0.25, 0.3) is 0 Å². The molecule has 0 radical (unpaired) electrons. The van der Waals surface area contributed by atoms with Gasteiger partial charge in [-0.3, -0.25) is 0 Å². The predicted octanol–water partition coefficient (Wildman–Crippen LogP) is 4.48. The van der Waals surface area contributed by atoms with Gasteiger partial charge in [0.25, 0.3) is 0 Å². The number of likely N-dealkylation sites (tertiary alicyclic amines) is 1. The Hall–Kier alpha value is -1.09. The quantitative estimate of drug-likeness (QED) is 0.808. The minimum Gasteiger partial charge on any atom is -0.348 e. The number of thiocarbonyl (C=S) groups is 1. The molecular weight excluding hydrogens is 264 g/mol. The van der Waals surface area contributed by atoms with Gasteiger partial charge >= 0.3 is 0 Å². The average Bonchev–Trinajstić information content (AvgIpc) is 2.38. The van der Waals surface area contributed by atoms with Gasteiger partial charge in [-0.25, -0.2) is 0 Å². The lowest BCUT2D eigenvalue weighted by Gasteiger charge is -2.36. The fraction of sp³-hybridized carbons (Fsp3) is 0.588. The van der Waals surface area contributed by atoms with E-state index in [9.17, 15) is 0 Å². The molecule has 1 aromatic rings. The first-order valence-corrected chi connectivity index (χ1v) is 8.02. The summed E-state index contributed by atoms with van der Waals surface area (Å²) in [6.07, 6.45) is 1.31. The molecule has 0 bridgehead atoms. The summed E-state index contributed by atoms with van der Waals surface area (Å²) < 4.78 is 0. The SMILES string of the molecule is CC(C)c1ccc(NC(=S)N2C[C@@H](C)C[C@H](C)C2)cc1. The molecule has 0 unspecified atom stereocenters. The molecule has 1 saturated heterocycles. The van der Waals surface area contributed by atoms with Gasteiger partial charge in [0.2, 0.25) is 0 Å². The van der Waals surface area contributed by atoms with Crippen molar-refractivity contribution in [1.29, 1.82) is 0 Å². The number of nitrogens with zero attached hydrogens (tertiary/aromatic N) is 1. The van der Waals surface area contributed by atoms with Gasteiger partial charge in [-0.15, -0.1) is 0 Å². The molecular formula is C17H26N2S. The summed E-state index contributed by atoms with van der Waals surface area (Å²) >= 11 is 5.56. The van der Waals surface area contributed by atoms with Crippen molar-refractivity contribution < 1.29 is 0 Å². The van der Waals surface area contributed by atoms with Crippen molar-refractivity contribution in [2.45, 2.75) is 40.0 Å². The van der Waals surface area contributed by atoms with Gasteiger partial charge in [-0.1, -0.05) is 39.8 Å². The average molecular weight is 290 g/mol. The maximum Gasteiger partial charge on any atom is 0.173 e. The molecule has 0 spiro atoms. The molecule has 0 amide bonds. The molecule has 0 saturated carbocycles. The van der Waals surface area contributed by atoms with Crippen LogP contribution in [-0.2, 0) is 0 Å². The molecule has 20 heavy (non-hydrogen) atoms.